The van der Waals surface area contributed by atoms with E-state index in [1.165, 1.54) is 40.6 Å². The lowest BCUT2D eigenvalue weighted by molar-refractivity contribution is 0.627. The summed E-state index contributed by atoms with van der Waals surface area (Å²) in [4.78, 5) is 0. The van der Waals surface area contributed by atoms with Gasteiger partial charge in [-0.15, -0.1) is 0 Å². The Bertz CT molecular complexity index is 2080. The molecule has 7 aromatic carbocycles. The summed E-state index contributed by atoms with van der Waals surface area (Å²) in [5, 5.41) is 4.55. The lowest BCUT2D eigenvalue weighted by Crippen LogP contribution is -1.94. The maximum Gasteiger partial charge on any atom is 0.123 e. The van der Waals surface area contributed by atoms with E-state index in [1.807, 2.05) is 42.5 Å². The molecule has 0 aliphatic heterocycles. The van der Waals surface area contributed by atoms with Crippen molar-refractivity contribution < 1.29 is 8.78 Å². The zero-order valence-corrected chi connectivity index (χ0v) is 21.5. The standard InChI is InChI=1S/C38H22F2/c39-28-17-12-25(13-18-28)35-30-21-16-27(23-6-2-1-3-7-23)22-33(30)36(26-14-19-29(40)20-15-26)38-32-11-5-9-24-8-4-10-31(34(24)32)37(35)38/h1-22H. The Morgan fingerprint density at radius 2 is 0.875 bits per heavy atom. The van der Waals surface area contributed by atoms with Gasteiger partial charge in [-0.1, -0.05) is 103 Å². The average molecular weight is 517 g/mol. The number of halogens is 2. The number of benzene rings is 7. The summed E-state index contributed by atoms with van der Waals surface area (Å²) in [6, 6.07) is 43.4. The van der Waals surface area contributed by atoms with E-state index in [-0.39, 0.29) is 11.6 Å². The fraction of sp³-hybridized carbons (Fsp3) is 0. The van der Waals surface area contributed by atoms with Gasteiger partial charge in [-0.25, -0.2) is 8.78 Å². The van der Waals surface area contributed by atoms with Gasteiger partial charge in [0.25, 0.3) is 0 Å². The Morgan fingerprint density at radius 3 is 1.45 bits per heavy atom. The maximum atomic E-state index is 14.2. The number of hydrogen-bond acceptors (Lipinski definition) is 0. The summed E-state index contributed by atoms with van der Waals surface area (Å²) in [6.45, 7) is 0. The molecule has 7 aromatic rings. The van der Waals surface area contributed by atoms with Crippen LogP contribution in [-0.2, 0) is 0 Å². The van der Waals surface area contributed by atoms with Crippen molar-refractivity contribution in [2.24, 2.45) is 0 Å². The van der Waals surface area contributed by atoms with Crippen molar-refractivity contribution in [3.63, 3.8) is 0 Å². The second-order valence-corrected chi connectivity index (χ2v) is 10.3. The van der Waals surface area contributed by atoms with E-state index < -0.39 is 0 Å². The molecule has 0 bridgehead atoms. The molecule has 0 saturated carbocycles. The van der Waals surface area contributed by atoms with Crippen LogP contribution < -0.4 is 0 Å². The van der Waals surface area contributed by atoms with Gasteiger partial charge in [0.05, 0.1) is 0 Å². The molecule has 40 heavy (non-hydrogen) atoms. The first-order valence-electron chi connectivity index (χ1n) is 13.4. The van der Waals surface area contributed by atoms with Crippen LogP contribution in [0.3, 0.4) is 0 Å². The van der Waals surface area contributed by atoms with Crippen molar-refractivity contribution in [3.05, 3.63) is 145 Å². The van der Waals surface area contributed by atoms with Gasteiger partial charge in [0.1, 0.15) is 11.6 Å². The van der Waals surface area contributed by atoms with Crippen LogP contribution in [0.25, 0.3) is 77.2 Å². The normalized spacial score (nSPS) is 11.8. The lowest BCUT2D eigenvalue weighted by Gasteiger charge is -2.21. The van der Waals surface area contributed by atoms with Crippen molar-refractivity contribution in [2.75, 3.05) is 0 Å². The van der Waals surface area contributed by atoms with E-state index in [4.69, 9.17) is 0 Å². The van der Waals surface area contributed by atoms with Gasteiger partial charge in [-0.2, -0.15) is 0 Å². The molecule has 1 aliphatic rings. The first-order valence-corrected chi connectivity index (χ1v) is 13.4. The summed E-state index contributed by atoms with van der Waals surface area (Å²) in [5.74, 6) is -0.521. The highest BCUT2D eigenvalue weighted by atomic mass is 19.1. The van der Waals surface area contributed by atoms with Crippen LogP contribution in [0.5, 0.6) is 0 Å². The zero-order valence-electron chi connectivity index (χ0n) is 21.5. The smallest absolute Gasteiger partial charge is 0.123 e. The summed E-state index contributed by atoms with van der Waals surface area (Å²) in [5.41, 5.74) is 10.9. The SMILES string of the molecule is Fc1ccc(-c2c3c(c(-c4ccc(F)cc4)c4cc(-c5ccccc5)ccc24)-c2cccc4cccc-3c24)cc1. The van der Waals surface area contributed by atoms with Crippen LogP contribution in [0.15, 0.2) is 133 Å². The van der Waals surface area contributed by atoms with Crippen LogP contribution in [0, 0.1) is 11.6 Å². The van der Waals surface area contributed by atoms with Gasteiger partial charge >= 0.3 is 0 Å². The van der Waals surface area contributed by atoms with E-state index >= 15 is 0 Å². The molecule has 2 heteroatoms. The van der Waals surface area contributed by atoms with Gasteiger partial charge < -0.3 is 0 Å². The second kappa shape index (κ2) is 8.72. The first-order chi connectivity index (χ1) is 19.7. The van der Waals surface area contributed by atoms with Gasteiger partial charge in [-0.05, 0) is 108 Å². The molecule has 0 aromatic heterocycles. The summed E-state index contributed by atoms with van der Waals surface area (Å²) < 4.78 is 28.3. The molecule has 0 fully saturated rings. The molecular weight excluding hydrogens is 494 g/mol. The fourth-order valence-corrected chi connectivity index (χ4v) is 6.43. The van der Waals surface area contributed by atoms with Crippen molar-refractivity contribution in [3.8, 4) is 55.6 Å². The molecule has 0 amide bonds. The third-order valence-corrected chi connectivity index (χ3v) is 8.12. The minimum absolute atomic E-state index is 0.260. The van der Waals surface area contributed by atoms with E-state index in [9.17, 15) is 8.78 Å². The Labute approximate surface area is 230 Å². The Hall–Kier alpha value is -5.08. The van der Waals surface area contributed by atoms with E-state index in [1.54, 1.807) is 0 Å². The highest BCUT2D eigenvalue weighted by Crippen LogP contribution is 2.57. The minimum atomic E-state index is -0.261. The highest BCUT2D eigenvalue weighted by molar-refractivity contribution is 6.27. The molecule has 0 heterocycles. The third kappa shape index (κ3) is 3.36. The maximum absolute atomic E-state index is 14.2. The quantitative estimate of drug-likeness (QED) is 0.219. The van der Waals surface area contributed by atoms with E-state index in [2.05, 4.69) is 66.7 Å². The molecular formula is C38H22F2. The Balaban J connectivity index is 1.60. The summed E-state index contributed by atoms with van der Waals surface area (Å²) in [7, 11) is 0. The van der Waals surface area contributed by atoms with Gasteiger partial charge in [-0.3, -0.25) is 0 Å². The van der Waals surface area contributed by atoms with Crippen molar-refractivity contribution in [2.45, 2.75) is 0 Å². The summed E-state index contributed by atoms with van der Waals surface area (Å²) >= 11 is 0. The largest absolute Gasteiger partial charge is 0.207 e. The number of hydrogen-bond donors (Lipinski definition) is 0. The van der Waals surface area contributed by atoms with Crippen molar-refractivity contribution >= 4 is 21.5 Å². The van der Waals surface area contributed by atoms with Crippen LogP contribution in [0.2, 0.25) is 0 Å². The molecule has 0 spiro atoms. The van der Waals surface area contributed by atoms with E-state index in [0.29, 0.717) is 0 Å². The molecule has 0 N–H and O–H groups in total. The van der Waals surface area contributed by atoms with Gasteiger partial charge in [0.2, 0.25) is 0 Å². The fourth-order valence-electron chi connectivity index (χ4n) is 6.43. The second-order valence-electron chi connectivity index (χ2n) is 10.3. The molecule has 8 rings (SSSR count). The zero-order chi connectivity index (χ0) is 26.8. The van der Waals surface area contributed by atoms with Crippen LogP contribution in [-0.4, -0.2) is 0 Å². The lowest BCUT2D eigenvalue weighted by atomic mass is 9.82. The number of fused-ring (bicyclic) bond motifs is 4. The molecule has 0 radical (unpaired) electrons. The molecule has 0 atom stereocenters. The molecule has 0 unspecified atom stereocenters. The van der Waals surface area contributed by atoms with Crippen LogP contribution >= 0.6 is 0 Å². The van der Waals surface area contributed by atoms with Gasteiger partial charge in [0.15, 0.2) is 0 Å². The Morgan fingerprint density at radius 1 is 0.350 bits per heavy atom. The topological polar surface area (TPSA) is 0 Å². The first kappa shape index (κ1) is 22.9. The van der Waals surface area contributed by atoms with Crippen LogP contribution in [0.4, 0.5) is 8.78 Å². The monoisotopic (exact) mass is 516 g/mol. The van der Waals surface area contributed by atoms with Gasteiger partial charge in [0, 0.05) is 0 Å². The van der Waals surface area contributed by atoms with E-state index in [0.717, 1.165) is 60.8 Å². The highest BCUT2D eigenvalue weighted by Gasteiger charge is 2.30. The molecule has 1 aliphatic carbocycles. The van der Waals surface area contributed by atoms with Crippen molar-refractivity contribution in [1.29, 1.82) is 0 Å². The minimum Gasteiger partial charge on any atom is -0.207 e. The molecule has 0 nitrogen and oxygen atoms in total. The summed E-state index contributed by atoms with van der Waals surface area (Å²) in [6.07, 6.45) is 0. The Kier molecular flexibility index (Phi) is 4.99. The molecule has 0 saturated heterocycles. The van der Waals surface area contributed by atoms with Crippen LogP contribution in [0.1, 0.15) is 0 Å². The number of rotatable bonds is 3. The molecule has 188 valence electrons. The van der Waals surface area contributed by atoms with Crippen molar-refractivity contribution in [1.82, 2.24) is 0 Å². The average Bonchev–Trinajstić information content (AvgIpc) is 3.33. The third-order valence-electron chi connectivity index (χ3n) is 8.12. The predicted molar refractivity (Wildman–Crippen MR) is 162 cm³/mol. The predicted octanol–water partition coefficient (Wildman–Crippen LogP) is 10.9.